The van der Waals surface area contributed by atoms with Crippen LogP contribution < -0.4 is 16.3 Å². The third-order valence-electron chi connectivity index (χ3n) is 2.51. The van der Waals surface area contributed by atoms with Crippen LogP contribution in [-0.4, -0.2) is 39.1 Å². The van der Waals surface area contributed by atoms with Crippen LogP contribution in [0.2, 0.25) is 0 Å². The molecule has 0 aromatic carbocycles. The Hall–Kier alpha value is -2.38. The van der Waals surface area contributed by atoms with Crippen LogP contribution in [0, 0.1) is 6.92 Å². The Morgan fingerprint density at radius 2 is 2.33 bits per heavy atom. The fourth-order valence-corrected chi connectivity index (χ4v) is 1.62. The van der Waals surface area contributed by atoms with E-state index in [1.165, 1.54) is 4.40 Å². The minimum absolute atomic E-state index is 0.0451. The van der Waals surface area contributed by atoms with Crippen LogP contribution in [0.5, 0.6) is 0 Å². The fourth-order valence-electron chi connectivity index (χ4n) is 1.62. The molecule has 0 spiro atoms. The van der Waals surface area contributed by atoms with Crippen LogP contribution in [0.25, 0.3) is 5.65 Å². The van der Waals surface area contributed by atoms with E-state index in [-0.39, 0.29) is 11.6 Å². The van der Waals surface area contributed by atoms with Crippen molar-refractivity contribution in [3.63, 3.8) is 0 Å². The van der Waals surface area contributed by atoms with E-state index in [1.54, 1.807) is 20.0 Å². The Kier molecular flexibility index (Phi) is 3.26. The summed E-state index contributed by atoms with van der Waals surface area (Å²) in [4.78, 5) is 26.7. The number of aromatic amines is 1. The minimum atomic E-state index is -0.313. The molecule has 0 fully saturated rings. The van der Waals surface area contributed by atoms with Crippen molar-refractivity contribution in [1.82, 2.24) is 24.9 Å². The number of H-pyrrole nitrogens is 1. The Bertz CT molecular complexity index is 629. The van der Waals surface area contributed by atoms with Crippen LogP contribution in [0.3, 0.4) is 0 Å². The van der Waals surface area contributed by atoms with E-state index < -0.39 is 0 Å². The number of amides is 1. The third-order valence-corrected chi connectivity index (χ3v) is 2.51. The maximum atomic E-state index is 11.4. The summed E-state index contributed by atoms with van der Waals surface area (Å²) in [6, 6.07) is 1.65. The molecule has 0 saturated carbocycles. The lowest BCUT2D eigenvalue weighted by atomic mass is 10.4. The number of aromatic nitrogens is 4. The molecule has 0 unspecified atom stereocenters. The fraction of sp³-hybridized carbons (Fsp3) is 0.400. The lowest BCUT2D eigenvalue weighted by Gasteiger charge is -2.06. The predicted octanol–water partition coefficient (Wildman–Crippen LogP) is -0.726. The summed E-state index contributed by atoms with van der Waals surface area (Å²) in [6.07, 6.45) is 0.357. The predicted molar refractivity (Wildman–Crippen MR) is 65.5 cm³/mol. The molecular formula is C10H14N6O2. The van der Waals surface area contributed by atoms with Gasteiger partial charge in [0.1, 0.15) is 11.6 Å². The van der Waals surface area contributed by atoms with Gasteiger partial charge in [-0.1, -0.05) is 0 Å². The van der Waals surface area contributed by atoms with E-state index >= 15 is 0 Å². The minimum Gasteiger partial charge on any atom is -0.369 e. The molecule has 2 aromatic rings. The van der Waals surface area contributed by atoms with E-state index in [0.29, 0.717) is 30.3 Å². The first-order valence-electron chi connectivity index (χ1n) is 5.51. The van der Waals surface area contributed by atoms with Crippen molar-refractivity contribution in [2.45, 2.75) is 13.3 Å². The second-order valence-electron chi connectivity index (χ2n) is 3.76. The summed E-state index contributed by atoms with van der Waals surface area (Å²) in [5.41, 5.74) is 0.182. The number of fused-ring (bicyclic) bond motifs is 1. The molecule has 96 valence electrons. The summed E-state index contributed by atoms with van der Waals surface area (Å²) >= 11 is 0. The summed E-state index contributed by atoms with van der Waals surface area (Å²) in [6.45, 7) is 2.19. The number of rotatable bonds is 4. The first-order valence-corrected chi connectivity index (χ1v) is 5.51. The van der Waals surface area contributed by atoms with Gasteiger partial charge in [0.25, 0.3) is 0 Å². The highest BCUT2D eigenvalue weighted by molar-refractivity contribution is 5.76. The van der Waals surface area contributed by atoms with Gasteiger partial charge in [0.2, 0.25) is 5.91 Å². The average Bonchev–Trinajstić information content (AvgIpc) is 2.71. The molecule has 18 heavy (non-hydrogen) atoms. The molecule has 1 amide bonds. The Morgan fingerprint density at radius 3 is 3.06 bits per heavy atom. The summed E-state index contributed by atoms with van der Waals surface area (Å²) in [5.74, 6) is 1.08. The monoisotopic (exact) mass is 250 g/mol. The number of nitrogens with one attached hydrogen (secondary N) is 3. The van der Waals surface area contributed by atoms with Gasteiger partial charge in [-0.05, 0) is 6.92 Å². The number of nitrogens with zero attached hydrogens (tertiary/aromatic N) is 3. The normalized spacial score (nSPS) is 10.6. The van der Waals surface area contributed by atoms with E-state index in [4.69, 9.17) is 0 Å². The van der Waals surface area contributed by atoms with Gasteiger partial charge in [-0.3, -0.25) is 4.79 Å². The highest BCUT2D eigenvalue weighted by Crippen LogP contribution is 2.07. The topological polar surface area (TPSA) is 104 Å². The van der Waals surface area contributed by atoms with Crippen LogP contribution in [0.4, 0.5) is 5.82 Å². The van der Waals surface area contributed by atoms with Gasteiger partial charge in [-0.25, -0.2) is 19.3 Å². The molecule has 0 aliphatic carbocycles. The van der Waals surface area contributed by atoms with Crippen LogP contribution >= 0.6 is 0 Å². The number of hydrogen-bond donors (Lipinski definition) is 3. The van der Waals surface area contributed by atoms with Crippen LogP contribution in [-0.2, 0) is 4.79 Å². The molecule has 0 saturated heterocycles. The molecule has 0 aliphatic heterocycles. The van der Waals surface area contributed by atoms with Crippen LogP contribution in [0.15, 0.2) is 10.9 Å². The molecule has 2 rings (SSSR count). The quantitative estimate of drug-likeness (QED) is 0.664. The molecule has 0 bridgehead atoms. The molecule has 0 radical (unpaired) electrons. The zero-order valence-corrected chi connectivity index (χ0v) is 10.1. The average molecular weight is 250 g/mol. The number of carbonyl (C=O) groups excluding carboxylic acids is 1. The van der Waals surface area contributed by atoms with Crippen molar-refractivity contribution in [2.75, 3.05) is 18.9 Å². The first kappa shape index (κ1) is 12.1. The lowest BCUT2D eigenvalue weighted by molar-refractivity contribution is -0.120. The van der Waals surface area contributed by atoms with Crippen molar-refractivity contribution in [1.29, 1.82) is 0 Å². The van der Waals surface area contributed by atoms with Gasteiger partial charge in [0.05, 0.1) is 0 Å². The molecule has 3 N–H and O–H groups in total. The maximum absolute atomic E-state index is 11.4. The Labute approximate surface area is 102 Å². The second-order valence-corrected chi connectivity index (χ2v) is 3.76. The van der Waals surface area contributed by atoms with Crippen molar-refractivity contribution in [2.24, 2.45) is 0 Å². The van der Waals surface area contributed by atoms with E-state index in [1.807, 2.05) is 0 Å². The molecule has 0 atom stereocenters. The largest absolute Gasteiger partial charge is 0.369 e. The van der Waals surface area contributed by atoms with Gasteiger partial charge in [0.15, 0.2) is 5.65 Å². The zero-order chi connectivity index (χ0) is 13.1. The van der Waals surface area contributed by atoms with E-state index in [0.717, 1.165) is 0 Å². The maximum Gasteiger partial charge on any atom is 0.349 e. The molecular weight excluding hydrogens is 236 g/mol. The number of carbonyl (C=O) groups is 1. The second kappa shape index (κ2) is 4.86. The van der Waals surface area contributed by atoms with E-state index in [9.17, 15) is 9.59 Å². The lowest BCUT2D eigenvalue weighted by Crippen LogP contribution is -2.21. The van der Waals surface area contributed by atoms with Crippen LogP contribution in [0.1, 0.15) is 12.2 Å². The number of hydrogen-bond acceptors (Lipinski definition) is 5. The van der Waals surface area contributed by atoms with Gasteiger partial charge in [-0.15, -0.1) is 0 Å². The van der Waals surface area contributed by atoms with Gasteiger partial charge < -0.3 is 10.6 Å². The molecule has 0 aliphatic rings. The smallest absolute Gasteiger partial charge is 0.349 e. The standard InChI is InChI=1S/C10H14N6O2/c1-6-13-7(12-4-3-9(17)11-2)5-8-14-15-10(18)16(6)8/h5,12H,3-4H2,1-2H3,(H,11,17)(H,15,18). The summed E-state index contributed by atoms with van der Waals surface area (Å²) in [7, 11) is 1.59. The SMILES string of the molecule is CNC(=O)CCNc1cc2n[nH]c(=O)n2c(C)n1. The van der Waals surface area contributed by atoms with Gasteiger partial charge >= 0.3 is 5.69 Å². The van der Waals surface area contributed by atoms with Crippen molar-refractivity contribution < 1.29 is 4.79 Å². The van der Waals surface area contributed by atoms with E-state index in [2.05, 4.69) is 25.8 Å². The highest BCUT2D eigenvalue weighted by atomic mass is 16.2. The number of anilines is 1. The molecule has 2 heterocycles. The Balaban J connectivity index is 2.15. The first-order chi connectivity index (χ1) is 8.61. The van der Waals surface area contributed by atoms with Crippen molar-refractivity contribution in [3.8, 4) is 0 Å². The summed E-state index contributed by atoms with van der Waals surface area (Å²) < 4.78 is 1.38. The third kappa shape index (κ3) is 2.31. The van der Waals surface area contributed by atoms with Crippen molar-refractivity contribution >= 4 is 17.4 Å². The van der Waals surface area contributed by atoms with Crippen molar-refractivity contribution in [3.05, 3.63) is 22.4 Å². The van der Waals surface area contributed by atoms with Gasteiger partial charge in [-0.2, -0.15) is 5.10 Å². The number of aryl methyl sites for hydroxylation is 1. The summed E-state index contributed by atoms with van der Waals surface area (Å²) in [5, 5.41) is 11.8. The molecule has 8 heteroatoms. The Morgan fingerprint density at radius 1 is 1.56 bits per heavy atom. The molecule has 8 nitrogen and oxygen atoms in total. The van der Waals surface area contributed by atoms with Gasteiger partial charge in [0, 0.05) is 26.1 Å². The zero-order valence-electron chi connectivity index (χ0n) is 10.1. The highest BCUT2D eigenvalue weighted by Gasteiger charge is 2.06. The molecule has 2 aromatic heterocycles.